The van der Waals surface area contributed by atoms with Crippen molar-refractivity contribution in [3.63, 3.8) is 0 Å². The molecule has 0 unspecified atom stereocenters. The average molecular weight is 326 g/mol. The molecule has 2 amide bonds. The Morgan fingerprint density at radius 1 is 1.21 bits per heavy atom. The quantitative estimate of drug-likeness (QED) is 0.722. The van der Waals surface area contributed by atoms with Crippen molar-refractivity contribution >= 4 is 28.4 Å². The van der Waals surface area contributed by atoms with Crippen molar-refractivity contribution < 1.29 is 14.0 Å². The van der Waals surface area contributed by atoms with E-state index in [1.807, 2.05) is 18.3 Å². The highest BCUT2D eigenvalue weighted by Gasteiger charge is 2.10. The first kappa shape index (κ1) is 15.7. The Morgan fingerprint density at radius 3 is 2.79 bits per heavy atom. The molecule has 3 aromatic rings. The summed E-state index contributed by atoms with van der Waals surface area (Å²) in [6.45, 7) is 0.187. The molecule has 0 radical (unpaired) electrons. The number of likely N-dealkylation sites (N-methyl/N-ethyl adjacent to an activating group) is 1. The highest BCUT2D eigenvalue weighted by molar-refractivity contribution is 6.05. The molecule has 0 aliphatic carbocycles. The molecule has 0 atom stereocenters. The zero-order valence-corrected chi connectivity index (χ0v) is 12.9. The lowest BCUT2D eigenvalue weighted by atomic mass is 10.2. The van der Waals surface area contributed by atoms with Crippen molar-refractivity contribution in [2.45, 2.75) is 6.54 Å². The molecule has 0 saturated heterocycles. The van der Waals surface area contributed by atoms with Gasteiger partial charge in [0.05, 0.1) is 5.52 Å². The number of fused-ring (bicyclic) bond motifs is 1. The van der Waals surface area contributed by atoms with E-state index in [0.29, 0.717) is 5.69 Å². The minimum Gasteiger partial charge on any atom is -0.358 e. The number of hydrogen-bond acceptors (Lipinski definition) is 3. The summed E-state index contributed by atoms with van der Waals surface area (Å²) < 4.78 is 14.9. The van der Waals surface area contributed by atoms with Crippen LogP contribution < -0.4 is 10.6 Å². The third-order valence-electron chi connectivity index (χ3n) is 3.61. The molecule has 2 N–H and O–H groups in total. The van der Waals surface area contributed by atoms with Crippen LogP contribution in [-0.4, -0.2) is 28.4 Å². The largest absolute Gasteiger partial charge is 0.358 e. The van der Waals surface area contributed by atoms with Gasteiger partial charge in [0.1, 0.15) is 6.54 Å². The lowest BCUT2D eigenvalue weighted by Gasteiger charge is -2.08. The van der Waals surface area contributed by atoms with Crippen molar-refractivity contribution in [2.75, 3.05) is 12.4 Å². The van der Waals surface area contributed by atoms with Gasteiger partial charge in [0.15, 0.2) is 0 Å². The van der Waals surface area contributed by atoms with Gasteiger partial charge >= 0.3 is 0 Å². The molecule has 2 aromatic heterocycles. The maximum atomic E-state index is 13.1. The summed E-state index contributed by atoms with van der Waals surface area (Å²) in [5.74, 6) is -1.26. The number of carbonyl (C=O) groups is 2. The van der Waals surface area contributed by atoms with E-state index in [-0.39, 0.29) is 18.0 Å². The Hall–Kier alpha value is -3.22. The third-order valence-corrected chi connectivity index (χ3v) is 3.61. The molecule has 7 heteroatoms. The van der Waals surface area contributed by atoms with E-state index in [9.17, 15) is 14.0 Å². The van der Waals surface area contributed by atoms with E-state index in [1.165, 1.54) is 12.3 Å². The number of nitrogens with one attached hydrogen (secondary N) is 2. The fourth-order valence-electron chi connectivity index (χ4n) is 2.38. The molecular weight excluding hydrogens is 311 g/mol. The molecule has 0 bridgehead atoms. The monoisotopic (exact) mass is 326 g/mol. The van der Waals surface area contributed by atoms with Gasteiger partial charge in [-0.15, -0.1) is 0 Å². The Bertz CT molecular complexity index is 920. The summed E-state index contributed by atoms with van der Waals surface area (Å²) in [6, 6.07) is 9.77. The van der Waals surface area contributed by atoms with Crippen LogP contribution in [0, 0.1) is 5.95 Å². The van der Waals surface area contributed by atoms with Crippen LogP contribution in [0.3, 0.4) is 0 Å². The van der Waals surface area contributed by atoms with Crippen LogP contribution in [0.15, 0.2) is 48.8 Å². The normalized spacial score (nSPS) is 10.6. The smallest absolute Gasteiger partial charge is 0.255 e. The molecule has 24 heavy (non-hydrogen) atoms. The SMILES string of the molecule is CNC(=O)Cn1ccc2ccc(NC(=O)c3ccnc(F)c3)cc21. The van der Waals surface area contributed by atoms with Crippen LogP contribution in [0.1, 0.15) is 10.4 Å². The summed E-state index contributed by atoms with van der Waals surface area (Å²) in [4.78, 5) is 27.2. The standard InChI is InChI=1S/C17H15FN4O2/c1-19-16(23)10-22-7-5-11-2-3-13(9-14(11)22)21-17(24)12-4-6-20-15(18)8-12/h2-9H,10H2,1H3,(H,19,23)(H,21,24). The van der Waals surface area contributed by atoms with Crippen molar-refractivity contribution in [2.24, 2.45) is 0 Å². The van der Waals surface area contributed by atoms with Crippen LogP contribution in [-0.2, 0) is 11.3 Å². The van der Waals surface area contributed by atoms with E-state index in [4.69, 9.17) is 0 Å². The Labute approximate surface area is 137 Å². The van der Waals surface area contributed by atoms with E-state index >= 15 is 0 Å². The van der Waals surface area contributed by atoms with Gasteiger partial charge in [0.25, 0.3) is 5.91 Å². The Kier molecular flexibility index (Phi) is 4.24. The molecule has 0 fully saturated rings. The fourth-order valence-corrected chi connectivity index (χ4v) is 2.38. The van der Waals surface area contributed by atoms with Crippen LogP contribution in [0.5, 0.6) is 0 Å². The number of nitrogens with zero attached hydrogens (tertiary/aromatic N) is 2. The first-order valence-electron chi connectivity index (χ1n) is 7.29. The molecule has 0 spiro atoms. The molecule has 2 heterocycles. The summed E-state index contributed by atoms with van der Waals surface area (Å²) in [5, 5.41) is 6.24. The van der Waals surface area contributed by atoms with Crippen molar-refractivity contribution in [3.05, 3.63) is 60.3 Å². The Morgan fingerprint density at radius 2 is 2.04 bits per heavy atom. The minimum absolute atomic E-state index is 0.116. The molecule has 0 aliphatic rings. The number of rotatable bonds is 4. The topological polar surface area (TPSA) is 76.0 Å². The number of carbonyl (C=O) groups excluding carboxylic acids is 2. The van der Waals surface area contributed by atoms with E-state index < -0.39 is 11.9 Å². The molecule has 0 saturated carbocycles. The summed E-state index contributed by atoms with van der Waals surface area (Å²) >= 11 is 0. The predicted octanol–water partition coefficient (Wildman–Crippen LogP) is 2.17. The number of amides is 2. The maximum absolute atomic E-state index is 13.1. The first-order chi connectivity index (χ1) is 11.6. The number of anilines is 1. The van der Waals surface area contributed by atoms with Crippen molar-refractivity contribution in [1.29, 1.82) is 0 Å². The number of aromatic nitrogens is 2. The predicted molar refractivity (Wildman–Crippen MR) is 88.2 cm³/mol. The zero-order valence-electron chi connectivity index (χ0n) is 12.9. The van der Waals surface area contributed by atoms with Gasteiger partial charge in [-0.2, -0.15) is 4.39 Å². The average Bonchev–Trinajstić information content (AvgIpc) is 2.97. The summed E-state index contributed by atoms with van der Waals surface area (Å²) in [5.41, 5.74) is 1.56. The molecule has 1 aromatic carbocycles. The minimum atomic E-state index is -0.711. The van der Waals surface area contributed by atoms with Crippen molar-refractivity contribution in [1.82, 2.24) is 14.9 Å². The maximum Gasteiger partial charge on any atom is 0.255 e. The van der Waals surface area contributed by atoms with Gasteiger partial charge in [-0.3, -0.25) is 9.59 Å². The van der Waals surface area contributed by atoms with E-state index in [1.54, 1.807) is 23.7 Å². The molecule has 6 nitrogen and oxygen atoms in total. The molecule has 3 rings (SSSR count). The van der Waals surface area contributed by atoms with Gasteiger partial charge in [-0.25, -0.2) is 4.98 Å². The number of hydrogen-bond donors (Lipinski definition) is 2. The summed E-state index contributed by atoms with van der Waals surface area (Å²) in [7, 11) is 1.58. The second-order valence-electron chi connectivity index (χ2n) is 5.21. The van der Waals surface area contributed by atoms with Crippen LogP contribution in [0.25, 0.3) is 10.9 Å². The lowest BCUT2D eigenvalue weighted by molar-refractivity contribution is -0.121. The first-order valence-corrected chi connectivity index (χ1v) is 7.29. The van der Waals surface area contributed by atoms with E-state index in [0.717, 1.165) is 17.0 Å². The number of pyridine rings is 1. The van der Waals surface area contributed by atoms with Crippen molar-refractivity contribution in [3.8, 4) is 0 Å². The number of benzene rings is 1. The van der Waals surface area contributed by atoms with Gasteiger partial charge in [0, 0.05) is 36.8 Å². The van der Waals surface area contributed by atoms with Crippen LogP contribution >= 0.6 is 0 Å². The lowest BCUT2D eigenvalue weighted by Crippen LogP contribution is -2.23. The highest BCUT2D eigenvalue weighted by Crippen LogP contribution is 2.21. The van der Waals surface area contributed by atoms with Gasteiger partial charge < -0.3 is 15.2 Å². The third kappa shape index (κ3) is 3.24. The summed E-state index contributed by atoms with van der Waals surface area (Å²) in [6.07, 6.45) is 3.05. The molecular formula is C17H15FN4O2. The van der Waals surface area contributed by atoms with Crippen LogP contribution in [0.2, 0.25) is 0 Å². The van der Waals surface area contributed by atoms with E-state index in [2.05, 4.69) is 15.6 Å². The molecule has 122 valence electrons. The second-order valence-corrected chi connectivity index (χ2v) is 5.21. The zero-order chi connectivity index (χ0) is 17.1. The molecule has 0 aliphatic heterocycles. The highest BCUT2D eigenvalue weighted by atomic mass is 19.1. The van der Waals surface area contributed by atoms with Crippen LogP contribution in [0.4, 0.5) is 10.1 Å². The Balaban J connectivity index is 1.86. The second kappa shape index (κ2) is 6.49. The van der Waals surface area contributed by atoms with Gasteiger partial charge in [-0.05, 0) is 29.7 Å². The fraction of sp³-hybridized carbons (Fsp3) is 0.118. The number of halogens is 1. The van der Waals surface area contributed by atoms with Gasteiger partial charge in [0.2, 0.25) is 11.9 Å². The van der Waals surface area contributed by atoms with Gasteiger partial charge in [-0.1, -0.05) is 6.07 Å².